The molecule has 0 aromatic heterocycles. The van der Waals surface area contributed by atoms with E-state index in [4.69, 9.17) is 0 Å². The van der Waals surface area contributed by atoms with Gasteiger partial charge in [0, 0.05) is 33.1 Å². The Balaban J connectivity index is 1.76. The number of nitrogens with one attached hydrogen (secondary N) is 1. The maximum Gasteiger partial charge on any atom is 0.304 e. The largest absolute Gasteiger partial charge is 0.352 e. The van der Waals surface area contributed by atoms with Crippen LogP contribution in [0.15, 0.2) is 78.9 Å². The second kappa shape index (κ2) is 14.6. The van der Waals surface area contributed by atoms with E-state index in [2.05, 4.69) is 5.32 Å². The highest BCUT2D eigenvalue weighted by Crippen LogP contribution is 2.25. The first-order chi connectivity index (χ1) is 20.6. The molecule has 1 atom stereocenters. The minimum absolute atomic E-state index is 0.0134. The van der Waals surface area contributed by atoms with Gasteiger partial charge in [-0.05, 0) is 43.0 Å². The predicted octanol–water partition coefficient (Wildman–Crippen LogP) is 4.84. The lowest BCUT2D eigenvalue weighted by Crippen LogP contribution is -2.55. The van der Waals surface area contributed by atoms with Gasteiger partial charge in [-0.1, -0.05) is 91.6 Å². The molecule has 0 spiro atoms. The van der Waals surface area contributed by atoms with E-state index in [9.17, 15) is 22.4 Å². The highest BCUT2D eigenvalue weighted by Gasteiger charge is 2.36. The van der Waals surface area contributed by atoms with Crippen LogP contribution in [0.4, 0.5) is 10.1 Å². The lowest BCUT2D eigenvalue weighted by molar-refractivity contribution is -0.140. The minimum Gasteiger partial charge on any atom is -0.352 e. The third-order valence-corrected chi connectivity index (χ3v) is 9.60. The maximum absolute atomic E-state index is 15.0. The van der Waals surface area contributed by atoms with E-state index >= 15 is 0 Å². The van der Waals surface area contributed by atoms with Crippen molar-refractivity contribution in [1.29, 1.82) is 0 Å². The summed E-state index contributed by atoms with van der Waals surface area (Å²) in [5.74, 6) is -1.68. The molecule has 0 heterocycles. The van der Waals surface area contributed by atoms with Gasteiger partial charge in [0.05, 0.1) is 5.69 Å². The van der Waals surface area contributed by atoms with Gasteiger partial charge in [-0.25, -0.2) is 8.70 Å². The van der Waals surface area contributed by atoms with Crippen LogP contribution in [0, 0.1) is 12.7 Å². The Hall–Kier alpha value is -3.76. The number of benzene rings is 3. The standard InChI is InChI=1S/C33H41FN4O4S/c1-25-13-12-16-27(21-25)23-37(32(39)24-38(43(41,42)36(2)3)30-20-11-10-19-29(30)34)31(22-26-14-6-4-7-15-26)33(40)35-28-17-8-5-9-18-28/h4,6-7,10-16,19-21,28,31H,5,8-9,17-18,22-24H2,1-3H3,(H,35,40). The molecule has 0 radical (unpaired) electrons. The van der Waals surface area contributed by atoms with Crippen molar-refractivity contribution in [2.45, 2.75) is 64.1 Å². The topological polar surface area (TPSA) is 90.0 Å². The Morgan fingerprint density at radius 1 is 0.907 bits per heavy atom. The first-order valence-electron chi connectivity index (χ1n) is 14.7. The van der Waals surface area contributed by atoms with Crippen molar-refractivity contribution < 1.29 is 22.4 Å². The van der Waals surface area contributed by atoms with Gasteiger partial charge in [0.2, 0.25) is 11.8 Å². The Bertz CT molecular complexity index is 1490. The van der Waals surface area contributed by atoms with Crippen LogP contribution in [-0.4, -0.2) is 62.2 Å². The molecule has 3 aromatic rings. The summed E-state index contributed by atoms with van der Waals surface area (Å²) in [6, 6.07) is 21.6. The van der Waals surface area contributed by atoms with Crippen molar-refractivity contribution in [2.24, 2.45) is 0 Å². The van der Waals surface area contributed by atoms with Gasteiger partial charge in [0.15, 0.2) is 0 Å². The Morgan fingerprint density at radius 2 is 1.56 bits per heavy atom. The number of halogens is 1. The van der Waals surface area contributed by atoms with Crippen LogP contribution >= 0.6 is 0 Å². The summed E-state index contributed by atoms with van der Waals surface area (Å²) in [6.07, 6.45) is 5.16. The fourth-order valence-corrected chi connectivity index (χ4v) is 6.53. The number of para-hydroxylation sites is 1. The molecule has 10 heteroatoms. The zero-order valence-electron chi connectivity index (χ0n) is 25.1. The second-order valence-electron chi connectivity index (χ2n) is 11.3. The zero-order chi connectivity index (χ0) is 31.0. The van der Waals surface area contributed by atoms with Crippen LogP contribution in [0.25, 0.3) is 0 Å². The van der Waals surface area contributed by atoms with E-state index < -0.39 is 34.5 Å². The monoisotopic (exact) mass is 608 g/mol. The third-order valence-electron chi connectivity index (χ3n) is 7.80. The van der Waals surface area contributed by atoms with E-state index in [1.54, 1.807) is 0 Å². The van der Waals surface area contributed by atoms with Crippen molar-refractivity contribution in [3.8, 4) is 0 Å². The molecule has 43 heavy (non-hydrogen) atoms. The summed E-state index contributed by atoms with van der Waals surface area (Å²) in [6.45, 7) is 1.33. The normalized spacial score (nSPS) is 14.7. The van der Waals surface area contributed by atoms with E-state index in [0.717, 1.165) is 63.5 Å². The number of aryl methyl sites for hydroxylation is 1. The fraction of sp³-hybridized carbons (Fsp3) is 0.394. The maximum atomic E-state index is 15.0. The molecule has 0 aliphatic heterocycles. The molecule has 0 saturated heterocycles. The lowest BCUT2D eigenvalue weighted by Gasteiger charge is -2.35. The Kier molecular flexibility index (Phi) is 10.9. The van der Waals surface area contributed by atoms with Crippen molar-refractivity contribution >= 4 is 27.7 Å². The molecular formula is C33H41FN4O4S. The molecule has 1 unspecified atom stereocenters. The van der Waals surface area contributed by atoms with Gasteiger partial charge >= 0.3 is 10.2 Å². The number of nitrogens with zero attached hydrogens (tertiary/aromatic N) is 3. The molecule has 1 fully saturated rings. The van der Waals surface area contributed by atoms with Crippen LogP contribution in [-0.2, 0) is 32.8 Å². The third kappa shape index (κ3) is 8.42. The summed E-state index contributed by atoms with van der Waals surface area (Å²) in [5, 5.41) is 3.18. The smallest absolute Gasteiger partial charge is 0.304 e. The molecule has 8 nitrogen and oxygen atoms in total. The summed E-state index contributed by atoms with van der Waals surface area (Å²) >= 11 is 0. The van der Waals surface area contributed by atoms with E-state index in [0.29, 0.717) is 0 Å². The average Bonchev–Trinajstić information content (AvgIpc) is 2.99. The Labute approximate surface area is 254 Å². The number of hydrogen-bond acceptors (Lipinski definition) is 4. The number of rotatable bonds is 12. The number of anilines is 1. The van der Waals surface area contributed by atoms with Crippen molar-refractivity contribution in [2.75, 3.05) is 24.9 Å². The molecule has 3 aromatic carbocycles. The molecule has 230 valence electrons. The van der Waals surface area contributed by atoms with Crippen molar-refractivity contribution in [3.05, 3.63) is 101 Å². The zero-order valence-corrected chi connectivity index (χ0v) is 25.9. The molecule has 1 N–H and O–H groups in total. The Morgan fingerprint density at radius 3 is 2.21 bits per heavy atom. The van der Waals surface area contributed by atoms with Gasteiger partial charge in [0.1, 0.15) is 18.4 Å². The SMILES string of the molecule is Cc1cccc(CN(C(=O)CN(c2ccccc2F)S(=O)(=O)N(C)C)C(Cc2ccccc2)C(=O)NC2CCCCC2)c1. The van der Waals surface area contributed by atoms with Crippen LogP contribution in [0.2, 0.25) is 0 Å². The van der Waals surface area contributed by atoms with Crippen LogP contribution in [0.3, 0.4) is 0 Å². The molecule has 1 aliphatic carbocycles. The summed E-state index contributed by atoms with van der Waals surface area (Å²) in [7, 11) is -1.62. The lowest BCUT2D eigenvalue weighted by atomic mass is 9.94. The molecule has 1 aliphatic rings. The molecule has 1 saturated carbocycles. The van der Waals surface area contributed by atoms with Crippen LogP contribution in [0.5, 0.6) is 0 Å². The summed E-state index contributed by atoms with van der Waals surface area (Å²) in [4.78, 5) is 29.8. The fourth-order valence-electron chi connectivity index (χ4n) is 5.46. The van der Waals surface area contributed by atoms with E-state index in [-0.39, 0.29) is 30.6 Å². The van der Waals surface area contributed by atoms with Crippen molar-refractivity contribution in [1.82, 2.24) is 14.5 Å². The van der Waals surface area contributed by atoms with Gasteiger partial charge < -0.3 is 10.2 Å². The van der Waals surface area contributed by atoms with E-state index in [1.807, 2.05) is 61.5 Å². The number of carbonyl (C=O) groups excluding carboxylic acids is 2. The summed E-state index contributed by atoms with van der Waals surface area (Å²) < 4.78 is 43.6. The van der Waals surface area contributed by atoms with Gasteiger partial charge in [-0.3, -0.25) is 9.59 Å². The second-order valence-corrected chi connectivity index (χ2v) is 13.4. The number of hydrogen-bond donors (Lipinski definition) is 1. The van der Waals surface area contributed by atoms with Crippen LogP contribution in [0.1, 0.15) is 48.8 Å². The molecular weight excluding hydrogens is 567 g/mol. The minimum atomic E-state index is -4.27. The molecule has 0 bridgehead atoms. The quantitative estimate of drug-likeness (QED) is 0.319. The average molecular weight is 609 g/mol. The van der Waals surface area contributed by atoms with E-state index in [1.165, 1.54) is 37.2 Å². The highest BCUT2D eigenvalue weighted by molar-refractivity contribution is 7.90. The first kappa shape index (κ1) is 32.2. The summed E-state index contributed by atoms with van der Waals surface area (Å²) in [5.41, 5.74) is 2.40. The highest BCUT2D eigenvalue weighted by atomic mass is 32.2. The van der Waals surface area contributed by atoms with Gasteiger partial charge in [-0.15, -0.1) is 0 Å². The van der Waals surface area contributed by atoms with Gasteiger partial charge in [-0.2, -0.15) is 12.7 Å². The van der Waals surface area contributed by atoms with Gasteiger partial charge in [0.25, 0.3) is 0 Å². The number of amides is 2. The number of carbonyl (C=O) groups is 2. The predicted molar refractivity (Wildman–Crippen MR) is 167 cm³/mol. The molecule has 2 amide bonds. The first-order valence-corrected chi connectivity index (χ1v) is 16.1. The van der Waals surface area contributed by atoms with Crippen molar-refractivity contribution in [3.63, 3.8) is 0 Å². The van der Waals surface area contributed by atoms with Crippen LogP contribution < -0.4 is 9.62 Å². The molecule has 4 rings (SSSR count).